The third kappa shape index (κ3) is 3.42. The lowest BCUT2D eigenvalue weighted by Gasteiger charge is -2.54. The zero-order valence-electron chi connectivity index (χ0n) is 17.7. The maximum Gasteiger partial charge on any atom is 0.126 e. The van der Waals surface area contributed by atoms with Gasteiger partial charge in [-0.3, -0.25) is 0 Å². The van der Waals surface area contributed by atoms with Gasteiger partial charge in [-0.1, -0.05) is 46.5 Å². The smallest absolute Gasteiger partial charge is 0.126 e. The largest absolute Gasteiger partial charge is 0.303 e. The van der Waals surface area contributed by atoms with E-state index in [1.165, 1.54) is 96.2 Å². The topological polar surface area (TPSA) is 17.1 Å². The first-order chi connectivity index (χ1) is 12.4. The summed E-state index contributed by atoms with van der Waals surface area (Å²) in [4.78, 5) is 12.1. The highest BCUT2D eigenvalue weighted by Gasteiger charge is 2.50. The molecule has 4 fully saturated rings. The summed E-state index contributed by atoms with van der Waals surface area (Å²) in [7, 11) is 0. The van der Waals surface area contributed by atoms with E-state index in [0.717, 1.165) is 23.7 Å². The lowest BCUT2D eigenvalue weighted by Crippen LogP contribution is -2.44. The Hall–Kier alpha value is -0.330. The second-order valence-corrected chi connectivity index (χ2v) is 11.7. The van der Waals surface area contributed by atoms with E-state index >= 15 is 0 Å². The van der Waals surface area contributed by atoms with E-state index in [1.54, 1.807) is 0 Å². The van der Waals surface area contributed by atoms with Crippen molar-refractivity contribution in [1.29, 1.82) is 0 Å². The van der Waals surface area contributed by atoms with E-state index in [9.17, 15) is 4.79 Å². The first-order valence-corrected chi connectivity index (χ1v) is 11.9. The number of fused-ring (bicyclic) bond motifs is 1. The molecule has 0 aromatic carbocycles. The maximum atomic E-state index is 12.1. The van der Waals surface area contributed by atoms with Crippen LogP contribution in [0.1, 0.15) is 111 Å². The van der Waals surface area contributed by atoms with Crippen LogP contribution >= 0.6 is 0 Å². The van der Waals surface area contributed by atoms with Crippen LogP contribution in [0.15, 0.2) is 0 Å². The number of hydrogen-bond acceptors (Lipinski definition) is 1. The summed E-state index contributed by atoms with van der Waals surface area (Å²) >= 11 is 0. The Kier molecular flexibility index (Phi) is 5.06. The van der Waals surface area contributed by atoms with Crippen LogP contribution in [-0.4, -0.2) is 6.29 Å². The highest BCUT2D eigenvalue weighted by molar-refractivity contribution is 5.61. The SMILES string of the molecule is CC1CCCC2(C)CC(C)(CCCC3(C=O)CCCC3C3CC3)CCC12. The molecule has 0 aromatic heterocycles. The monoisotopic (exact) mass is 358 g/mol. The van der Waals surface area contributed by atoms with Crippen LogP contribution in [0, 0.1) is 39.9 Å². The second kappa shape index (κ2) is 6.93. The summed E-state index contributed by atoms with van der Waals surface area (Å²) in [6, 6.07) is 0. The molecule has 1 nitrogen and oxygen atoms in total. The quantitative estimate of drug-likeness (QED) is 0.459. The van der Waals surface area contributed by atoms with E-state index in [0.29, 0.717) is 10.8 Å². The van der Waals surface area contributed by atoms with Crippen LogP contribution in [0.3, 0.4) is 0 Å². The van der Waals surface area contributed by atoms with Gasteiger partial charge in [-0.05, 0) is 98.7 Å². The number of carbonyl (C=O) groups is 1. The lowest BCUT2D eigenvalue weighted by atomic mass is 9.51. The molecule has 0 N–H and O–H groups in total. The van der Waals surface area contributed by atoms with Crippen molar-refractivity contribution in [3.63, 3.8) is 0 Å². The minimum absolute atomic E-state index is 0.0674. The molecule has 0 aliphatic heterocycles. The molecule has 0 aromatic rings. The summed E-state index contributed by atoms with van der Waals surface area (Å²) in [6.07, 6.45) is 20.5. The van der Waals surface area contributed by atoms with Gasteiger partial charge in [0.05, 0.1) is 0 Å². The summed E-state index contributed by atoms with van der Waals surface area (Å²) < 4.78 is 0. The molecule has 4 aliphatic rings. The Morgan fingerprint density at radius 3 is 2.38 bits per heavy atom. The highest BCUT2D eigenvalue weighted by Crippen LogP contribution is 2.60. The molecule has 4 saturated carbocycles. The Labute approximate surface area is 162 Å². The second-order valence-electron chi connectivity index (χ2n) is 11.7. The van der Waals surface area contributed by atoms with Gasteiger partial charge in [0.25, 0.3) is 0 Å². The summed E-state index contributed by atoms with van der Waals surface area (Å²) in [5, 5.41) is 0. The first kappa shape index (κ1) is 19.0. The van der Waals surface area contributed by atoms with Gasteiger partial charge in [-0.2, -0.15) is 0 Å². The van der Waals surface area contributed by atoms with E-state index in [1.807, 2.05) is 0 Å². The molecule has 6 unspecified atom stereocenters. The van der Waals surface area contributed by atoms with Crippen LogP contribution in [0.5, 0.6) is 0 Å². The standard InChI is InChI=1S/C25H42O/c1-19-7-4-13-24(3)17-23(2,16-11-21(19)24)12-6-15-25(18-26)14-5-8-22(25)20-9-10-20/h18-22H,4-17H2,1-3H3. The minimum atomic E-state index is 0.0674. The third-order valence-corrected chi connectivity index (χ3v) is 9.62. The Balaban J connectivity index is 1.36. The third-order valence-electron chi connectivity index (χ3n) is 9.62. The number of rotatable bonds is 6. The molecule has 0 bridgehead atoms. The molecule has 26 heavy (non-hydrogen) atoms. The molecular formula is C25H42O. The van der Waals surface area contributed by atoms with Gasteiger partial charge in [0.1, 0.15) is 6.29 Å². The summed E-state index contributed by atoms with van der Waals surface area (Å²) in [5.41, 5.74) is 1.19. The van der Waals surface area contributed by atoms with Gasteiger partial charge in [-0.25, -0.2) is 0 Å². The van der Waals surface area contributed by atoms with Crippen LogP contribution in [0.4, 0.5) is 0 Å². The van der Waals surface area contributed by atoms with Gasteiger partial charge in [-0.15, -0.1) is 0 Å². The summed E-state index contributed by atoms with van der Waals surface area (Å²) in [5.74, 6) is 3.55. The molecule has 148 valence electrons. The molecular weight excluding hydrogens is 316 g/mol. The van der Waals surface area contributed by atoms with E-state index in [2.05, 4.69) is 20.8 Å². The average molecular weight is 359 g/mol. The van der Waals surface area contributed by atoms with Crippen molar-refractivity contribution >= 4 is 6.29 Å². The molecule has 1 heteroatoms. The highest BCUT2D eigenvalue weighted by atomic mass is 16.1. The maximum absolute atomic E-state index is 12.1. The van der Waals surface area contributed by atoms with E-state index in [4.69, 9.17) is 0 Å². The fourth-order valence-electron chi connectivity index (χ4n) is 8.22. The predicted octanol–water partition coefficient (Wildman–Crippen LogP) is 7.18. The molecule has 0 radical (unpaired) electrons. The van der Waals surface area contributed by atoms with Crippen molar-refractivity contribution in [1.82, 2.24) is 0 Å². The van der Waals surface area contributed by atoms with Crippen molar-refractivity contribution in [2.24, 2.45) is 39.9 Å². The van der Waals surface area contributed by atoms with Crippen LogP contribution in [0.25, 0.3) is 0 Å². The molecule has 4 rings (SSSR count). The molecule has 4 aliphatic carbocycles. The first-order valence-electron chi connectivity index (χ1n) is 11.9. The van der Waals surface area contributed by atoms with Crippen molar-refractivity contribution in [3.05, 3.63) is 0 Å². The molecule has 0 amide bonds. The van der Waals surface area contributed by atoms with Crippen LogP contribution < -0.4 is 0 Å². The zero-order chi connectivity index (χ0) is 18.4. The zero-order valence-corrected chi connectivity index (χ0v) is 17.7. The van der Waals surface area contributed by atoms with Crippen LogP contribution in [0.2, 0.25) is 0 Å². The van der Waals surface area contributed by atoms with Crippen LogP contribution in [-0.2, 0) is 4.79 Å². The predicted molar refractivity (Wildman–Crippen MR) is 109 cm³/mol. The lowest BCUT2D eigenvalue weighted by molar-refractivity contribution is -0.119. The van der Waals surface area contributed by atoms with Crippen molar-refractivity contribution in [2.45, 2.75) is 111 Å². The molecule has 0 spiro atoms. The van der Waals surface area contributed by atoms with Gasteiger partial charge >= 0.3 is 0 Å². The Morgan fingerprint density at radius 1 is 0.885 bits per heavy atom. The number of carbonyl (C=O) groups excluding carboxylic acids is 1. The van der Waals surface area contributed by atoms with Gasteiger partial charge < -0.3 is 4.79 Å². The fourth-order valence-corrected chi connectivity index (χ4v) is 8.22. The van der Waals surface area contributed by atoms with Gasteiger partial charge in [0.15, 0.2) is 0 Å². The summed E-state index contributed by atoms with van der Waals surface area (Å²) in [6.45, 7) is 7.70. The molecule has 6 atom stereocenters. The van der Waals surface area contributed by atoms with E-state index < -0.39 is 0 Å². The molecule has 0 saturated heterocycles. The van der Waals surface area contributed by atoms with E-state index in [-0.39, 0.29) is 5.41 Å². The van der Waals surface area contributed by atoms with Crippen molar-refractivity contribution in [3.8, 4) is 0 Å². The molecule has 0 heterocycles. The van der Waals surface area contributed by atoms with Crippen molar-refractivity contribution in [2.75, 3.05) is 0 Å². The van der Waals surface area contributed by atoms with Crippen molar-refractivity contribution < 1.29 is 4.79 Å². The number of hydrogen-bond donors (Lipinski definition) is 0. The van der Waals surface area contributed by atoms with Gasteiger partial charge in [0.2, 0.25) is 0 Å². The Morgan fingerprint density at radius 2 is 1.65 bits per heavy atom. The minimum Gasteiger partial charge on any atom is -0.303 e. The fraction of sp³-hybridized carbons (Fsp3) is 0.960. The average Bonchev–Trinajstić information content (AvgIpc) is 3.34. The Bertz CT molecular complexity index is 522. The van der Waals surface area contributed by atoms with Gasteiger partial charge in [0, 0.05) is 5.41 Å². The number of aldehydes is 1. The normalized spacial score (nSPS) is 49.0.